The normalized spacial score (nSPS) is 15.4. The molecule has 160 valence electrons. The van der Waals surface area contributed by atoms with Crippen LogP contribution >= 0.6 is 11.3 Å². The van der Waals surface area contributed by atoms with Crippen LogP contribution in [0.4, 0.5) is 15.6 Å². The number of aromatic nitrogens is 1. The first-order valence-corrected chi connectivity index (χ1v) is 11.1. The monoisotopic (exact) mass is 428 g/mol. The van der Waals surface area contributed by atoms with E-state index in [1.54, 1.807) is 10.3 Å². The summed E-state index contributed by atoms with van der Waals surface area (Å²) in [5.74, 6) is -0.339. The minimum Gasteiger partial charge on any atom is -0.323 e. The second-order valence-corrected chi connectivity index (χ2v) is 8.55. The molecule has 0 aliphatic carbocycles. The van der Waals surface area contributed by atoms with Gasteiger partial charge in [0.25, 0.3) is 5.91 Å². The molecule has 2 aromatic rings. The number of imide groups is 1. The zero-order valence-corrected chi connectivity index (χ0v) is 18.7. The van der Waals surface area contributed by atoms with Crippen molar-refractivity contribution in [2.45, 2.75) is 65.5 Å². The first kappa shape index (κ1) is 22.0. The number of thiazole rings is 1. The second kappa shape index (κ2) is 8.95. The average Bonchev–Trinajstić information content (AvgIpc) is 3.21. The summed E-state index contributed by atoms with van der Waals surface area (Å²) < 4.78 is 0. The highest BCUT2D eigenvalue weighted by atomic mass is 32.1. The van der Waals surface area contributed by atoms with Crippen molar-refractivity contribution in [3.63, 3.8) is 0 Å². The number of benzene rings is 1. The topological polar surface area (TPSA) is 82.6 Å². The minimum absolute atomic E-state index is 0.0932. The molecule has 0 saturated carbocycles. The van der Waals surface area contributed by atoms with Crippen molar-refractivity contribution in [2.24, 2.45) is 0 Å². The molecule has 1 N–H and O–H groups in total. The number of carbonyl (C=O) groups is 3. The molecule has 0 spiro atoms. The molecule has 1 aromatic heterocycles. The summed E-state index contributed by atoms with van der Waals surface area (Å²) in [5, 5.41) is 5.23. The number of urea groups is 1. The second-order valence-electron chi connectivity index (χ2n) is 7.72. The molecule has 0 radical (unpaired) electrons. The van der Waals surface area contributed by atoms with E-state index in [1.165, 1.54) is 23.2 Å². The molecule has 8 heteroatoms. The van der Waals surface area contributed by atoms with Crippen LogP contribution in [0.5, 0.6) is 0 Å². The lowest BCUT2D eigenvalue weighted by molar-refractivity contribution is -0.132. The Bertz CT molecular complexity index is 949. The summed E-state index contributed by atoms with van der Waals surface area (Å²) in [4.78, 5) is 45.3. The summed E-state index contributed by atoms with van der Waals surface area (Å²) >= 11 is 1.32. The molecule has 0 bridgehead atoms. The van der Waals surface area contributed by atoms with Gasteiger partial charge in [-0.2, -0.15) is 0 Å². The van der Waals surface area contributed by atoms with Gasteiger partial charge in [0.1, 0.15) is 5.54 Å². The largest absolute Gasteiger partial charge is 0.325 e. The Morgan fingerprint density at radius 3 is 2.53 bits per heavy atom. The maximum atomic E-state index is 13.1. The van der Waals surface area contributed by atoms with Crippen LogP contribution in [-0.2, 0) is 16.1 Å². The van der Waals surface area contributed by atoms with E-state index in [-0.39, 0.29) is 24.4 Å². The lowest BCUT2D eigenvalue weighted by Crippen LogP contribution is -2.46. The SMILES string of the molecule is CCCC1(CCC)NC(=O)N(Cc2csc(N(C(C)=O)c3cccc(C)c3)n2)C1=O. The summed E-state index contributed by atoms with van der Waals surface area (Å²) in [5.41, 5.74) is 1.55. The van der Waals surface area contributed by atoms with Gasteiger partial charge in [-0.1, -0.05) is 38.8 Å². The van der Waals surface area contributed by atoms with Crippen LogP contribution in [0.2, 0.25) is 0 Å². The number of carbonyl (C=O) groups excluding carboxylic acids is 3. The van der Waals surface area contributed by atoms with Crippen molar-refractivity contribution in [1.82, 2.24) is 15.2 Å². The average molecular weight is 429 g/mol. The van der Waals surface area contributed by atoms with Crippen molar-refractivity contribution >= 4 is 40.0 Å². The van der Waals surface area contributed by atoms with Gasteiger partial charge in [-0.3, -0.25) is 19.4 Å². The van der Waals surface area contributed by atoms with E-state index in [9.17, 15) is 14.4 Å². The number of nitrogens with one attached hydrogen (secondary N) is 1. The summed E-state index contributed by atoms with van der Waals surface area (Å²) in [7, 11) is 0. The predicted molar refractivity (Wildman–Crippen MR) is 118 cm³/mol. The quantitative estimate of drug-likeness (QED) is 0.627. The number of rotatable bonds is 8. The molecule has 4 amide bonds. The molecule has 3 rings (SSSR count). The number of anilines is 2. The van der Waals surface area contributed by atoms with Crippen LogP contribution in [0.15, 0.2) is 29.6 Å². The van der Waals surface area contributed by atoms with E-state index >= 15 is 0 Å². The maximum Gasteiger partial charge on any atom is 0.325 e. The zero-order chi connectivity index (χ0) is 21.9. The molecule has 30 heavy (non-hydrogen) atoms. The number of aryl methyl sites for hydroxylation is 1. The Hall–Kier alpha value is -2.74. The third-order valence-electron chi connectivity index (χ3n) is 5.23. The van der Waals surface area contributed by atoms with Gasteiger partial charge in [0.2, 0.25) is 5.91 Å². The molecular weight excluding hydrogens is 400 g/mol. The third kappa shape index (κ3) is 4.23. The minimum atomic E-state index is -0.813. The lowest BCUT2D eigenvalue weighted by atomic mass is 9.88. The van der Waals surface area contributed by atoms with E-state index in [1.807, 2.05) is 45.0 Å². The van der Waals surface area contributed by atoms with Crippen LogP contribution in [0, 0.1) is 6.92 Å². The van der Waals surface area contributed by atoms with Crippen molar-refractivity contribution in [3.8, 4) is 0 Å². The Balaban J connectivity index is 1.83. The van der Waals surface area contributed by atoms with Crippen LogP contribution < -0.4 is 10.2 Å². The lowest BCUT2D eigenvalue weighted by Gasteiger charge is -2.25. The number of hydrogen-bond acceptors (Lipinski definition) is 5. The van der Waals surface area contributed by atoms with E-state index in [2.05, 4.69) is 10.3 Å². The van der Waals surface area contributed by atoms with Crippen LogP contribution in [0.3, 0.4) is 0 Å². The van der Waals surface area contributed by atoms with Crippen LogP contribution in [-0.4, -0.2) is 33.3 Å². The van der Waals surface area contributed by atoms with Crippen molar-refractivity contribution in [1.29, 1.82) is 0 Å². The molecule has 1 fully saturated rings. The zero-order valence-electron chi connectivity index (χ0n) is 17.9. The van der Waals surface area contributed by atoms with Gasteiger partial charge in [-0.15, -0.1) is 11.3 Å². The fraction of sp³-hybridized carbons (Fsp3) is 0.455. The van der Waals surface area contributed by atoms with Crippen molar-refractivity contribution < 1.29 is 14.4 Å². The highest BCUT2D eigenvalue weighted by molar-refractivity contribution is 7.14. The molecule has 1 aliphatic rings. The third-order valence-corrected chi connectivity index (χ3v) is 6.10. The molecule has 0 atom stereocenters. The van der Waals surface area contributed by atoms with E-state index < -0.39 is 5.54 Å². The predicted octanol–water partition coefficient (Wildman–Crippen LogP) is 4.53. The van der Waals surface area contributed by atoms with Crippen molar-refractivity contribution in [2.75, 3.05) is 4.90 Å². The number of nitrogens with zero attached hydrogens (tertiary/aromatic N) is 3. The fourth-order valence-electron chi connectivity index (χ4n) is 3.96. The highest BCUT2D eigenvalue weighted by Crippen LogP contribution is 2.32. The molecule has 0 unspecified atom stereocenters. The fourth-order valence-corrected chi connectivity index (χ4v) is 4.84. The molecular formula is C22H28N4O3S. The first-order chi connectivity index (χ1) is 14.3. The maximum absolute atomic E-state index is 13.1. The smallest absolute Gasteiger partial charge is 0.323 e. The first-order valence-electron chi connectivity index (χ1n) is 10.3. The molecule has 1 aromatic carbocycles. The molecule has 2 heterocycles. The van der Waals surface area contributed by atoms with E-state index in [4.69, 9.17) is 0 Å². The molecule has 7 nitrogen and oxygen atoms in total. The van der Waals surface area contributed by atoms with Gasteiger partial charge in [0.15, 0.2) is 5.13 Å². The summed E-state index contributed by atoms with van der Waals surface area (Å²) in [6, 6.07) is 7.26. The standard InChI is InChI=1S/C22H28N4O3S/c1-5-10-22(11-6-2)19(28)25(20(29)24-22)13-17-14-30-21(23-17)26(16(4)27)18-9-7-8-15(3)12-18/h7-9,12,14H,5-6,10-11,13H2,1-4H3,(H,24,29). The van der Waals surface area contributed by atoms with Crippen LogP contribution in [0.1, 0.15) is 57.7 Å². The van der Waals surface area contributed by atoms with E-state index in [0.29, 0.717) is 23.7 Å². The summed E-state index contributed by atoms with van der Waals surface area (Å²) in [6.45, 7) is 7.56. The highest BCUT2D eigenvalue weighted by Gasteiger charge is 2.49. The van der Waals surface area contributed by atoms with Gasteiger partial charge < -0.3 is 5.32 Å². The van der Waals surface area contributed by atoms with Gasteiger partial charge in [-0.25, -0.2) is 9.78 Å². The number of amides is 4. The van der Waals surface area contributed by atoms with Crippen molar-refractivity contribution in [3.05, 3.63) is 40.9 Å². The Morgan fingerprint density at radius 2 is 1.93 bits per heavy atom. The Kier molecular flexibility index (Phi) is 6.55. The Morgan fingerprint density at radius 1 is 1.23 bits per heavy atom. The Labute approximate surface area is 181 Å². The van der Waals surface area contributed by atoms with Crippen LogP contribution in [0.25, 0.3) is 0 Å². The van der Waals surface area contributed by atoms with E-state index in [0.717, 1.165) is 24.1 Å². The number of hydrogen-bond donors (Lipinski definition) is 1. The van der Waals surface area contributed by atoms with Gasteiger partial charge >= 0.3 is 6.03 Å². The molecule has 1 aliphatic heterocycles. The van der Waals surface area contributed by atoms with Gasteiger partial charge in [0, 0.05) is 12.3 Å². The van der Waals surface area contributed by atoms with Gasteiger partial charge in [0.05, 0.1) is 17.9 Å². The summed E-state index contributed by atoms with van der Waals surface area (Å²) in [6.07, 6.45) is 2.86. The molecule has 1 saturated heterocycles. The van der Waals surface area contributed by atoms with Gasteiger partial charge in [-0.05, 0) is 37.5 Å².